The van der Waals surface area contributed by atoms with Gasteiger partial charge in [0.25, 0.3) is 0 Å². The minimum atomic E-state index is -0.116. The number of benzene rings is 1. The zero-order chi connectivity index (χ0) is 11.5. The number of anilines is 1. The van der Waals surface area contributed by atoms with Crippen LogP contribution in [-0.4, -0.2) is 25.7 Å². The first-order valence-corrected chi connectivity index (χ1v) is 5.58. The van der Waals surface area contributed by atoms with Gasteiger partial charge in [-0.25, -0.2) is 4.79 Å². The lowest BCUT2D eigenvalue weighted by Gasteiger charge is -2.29. The highest BCUT2D eigenvalue weighted by atomic mass is 35.5. The molecule has 0 saturated heterocycles. The summed E-state index contributed by atoms with van der Waals surface area (Å²) in [7, 11) is 0. The Labute approximate surface area is 99.1 Å². The van der Waals surface area contributed by atoms with Crippen LogP contribution in [0.15, 0.2) is 18.2 Å². The molecule has 1 aliphatic heterocycles. The van der Waals surface area contributed by atoms with Crippen molar-refractivity contribution in [2.75, 3.05) is 24.6 Å². The van der Waals surface area contributed by atoms with E-state index in [0.29, 0.717) is 30.5 Å². The third-order valence-corrected chi connectivity index (χ3v) is 2.59. The summed E-state index contributed by atoms with van der Waals surface area (Å²) in [5.41, 5.74) is 0.727. The molecule has 1 aromatic rings. The van der Waals surface area contributed by atoms with E-state index < -0.39 is 0 Å². The molecule has 0 unspecified atom stereocenters. The molecule has 0 fully saturated rings. The molecule has 16 heavy (non-hydrogen) atoms. The van der Waals surface area contributed by atoms with Gasteiger partial charge >= 0.3 is 6.03 Å². The van der Waals surface area contributed by atoms with Crippen LogP contribution in [0.1, 0.15) is 6.92 Å². The van der Waals surface area contributed by atoms with Gasteiger partial charge in [0.1, 0.15) is 12.4 Å². The van der Waals surface area contributed by atoms with Crippen molar-refractivity contribution in [2.45, 2.75) is 6.92 Å². The number of hydrogen-bond donors (Lipinski definition) is 1. The second kappa shape index (κ2) is 4.61. The third-order valence-electron chi connectivity index (χ3n) is 2.36. The molecule has 1 aliphatic rings. The van der Waals surface area contributed by atoms with Gasteiger partial charge in [-0.3, -0.25) is 4.90 Å². The maximum Gasteiger partial charge on any atom is 0.322 e. The van der Waals surface area contributed by atoms with Gasteiger partial charge in [0.05, 0.1) is 12.2 Å². The van der Waals surface area contributed by atoms with Gasteiger partial charge in [0.15, 0.2) is 0 Å². The average Bonchev–Trinajstić information content (AvgIpc) is 2.28. The molecule has 2 amide bonds. The smallest absolute Gasteiger partial charge is 0.322 e. The van der Waals surface area contributed by atoms with E-state index in [9.17, 15) is 4.79 Å². The number of hydrogen-bond acceptors (Lipinski definition) is 2. The summed E-state index contributed by atoms with van der Waals surface area (Å²) in [5, 5.41) is 3.36. The number of rotatable bonds is 1. The summed E-state index contributed by atoms with van der Waals surface area (Å²) >= 11 is 5.91. The van der Waals surface area contributed by atoms with Crippen LogP contribution in [0.5, 0.6) is 5.75 Å². The summed E-state index contributed by atoms with van der Waals surface area (Å²) in [6, 6.07) is 5.16. The molecule has 0 aliphatic carbocycles. The molecule has 1 aromatic carbocycles. The molecule has 0 aromatic heterocycles. The molecule has 0 saturated carbocycles. The quantitative estimate of drug-likeness (QED) is 0.818. The van der Waals surface area contributed by atoms with Gasteiger partial charge in [0.2, 0.25) is 0 Å². The standard InChI is InChI=1S/C11H13ClN2O2/c1-2-13-11(15)14-5-6-16-10-4-3-8(12)7-9(10)14/h3-4,7H,2,5-6H2,1H3,(H,13,15). The Morgan fingerprint density at radius 1 is 1.62 bits per heavy atom. The molecule has 1 heterocycles. The molecular weight excluding hydrogens is 228 g/mol. The SMILES string of the molecule is CCNC(=O)N1CCOc2ccc(Cl)cc21. The van der Waals surface area contributed by atoms with Crippen molar-refractivity contribution in [3.63, 3.8) is 0 Å². The number of ether oxygens (including phenoxy) is 1. The first-order valence-electron chi connectivity index (χ1n) is 5.20. The van der Waals surface area contributed by atoms with Crippen molar-refractivity contribution in [1.29, 1.82) is 0 Å². The van der Waals surface area contributed by atoms with E-state index >= 15 is 0 Å². The summed E-state index contributed by atoms with van der Waals surface area (Å²) in [6.07, 6.45) is 0. The zero-order valence-electron chi connectivity index (χ0n) is 9.00. The fourth-order valence-corrected chi connectivity index (χ4v) is 1.81. The average molecular weight is 241 g/mol. The molecule has 2 rings (SSSR count). The van der Waals surface area contributed by atoms with Crippen molar-refractivity contribution in [3.8, 4) is 5.75 Å². The maximum atomic E-state index is 11.8. The van der Waals surface area contributed by atoms with E-state index in [1.54, 1.807) is 23.1 Å². The van der Waals surface area contributed by atoms with Gasteiger partial charge in [-0.15, -0.1) is 0 Å². The number of carbonyl (C=O) groups excluding carboxylic acids is 1. The monoisotopic (exact) mass is 240 g/mol. The Hall–Kier alpha value is -1.42. The minimum Gasteiger partial charge on any atom is -0.490 e. The van der Waals surface area contributed by atoms with Crippen LogP contribution < -0.4 is 15.0 Å². The molecule has 1 N–H and O–H groups in total. The van der Waals surface area contributed by atoms with Gasteiger partial charge in [-0.05, 0) is 25.1 Å². The summed E-state index contributed by atoms with van der Waals surface area (Å²) in [4.78, 5) is 13.4. The number of amides is 2. The maximum absolute atomic E-state index is 11.8. The van der Waals surface area contributed by atoms with E-state index in [0.717, 1.165) is 5.69 Å². The van der Waals surface area contributed by atoms with Crippen LogP contribution in [0, 0.1) is 0 Å². The lowest BCUT2D eigenvalue weighted by atomic mass is 10.2. The molecule has 86 valence electrons. The lowest BCUT2D eigenvalue weighted by Crippen LogP contribution is -2.44. The van der Waals surface area contributed by atoms with Crippen LogP contribution in [0.4, 0.5) is 10.5 Å². The second-order valence-corrected chi connectivity index (χ2v) is 3.88. The molecule has 0 radical (unpaired) electrons. The summed E-state index contributed by atoms with van der Waals surface area (Å²) in [5.74, 6) is 0.696. The molecule has 0 bridgehead atoms. The highest BCUT2D eigenvalue weighted by Crippen LogP contribution is 2.33. The van der Waals surface area contributed by atoms with Crippen molar-refractivity contribution >= 4 is 23.3 Å². The third kappa shape index (κ3) is 2.07. The van der Waals surface area contributed by atoms with E-state index in [2.05, 4.69) is 5.32 Å². The largest absolute Gasteiger partial charge is 0.490 e. The molecule has 0 spiro atoms. The molecule has 0 atom stereocenters. The highest BCUT2D eigenvalue weighted by molar-refractivity contribution is 6.31. The first kappa shape index (κ1) is 11.1. The van der Waals surface area contributed by atoms with Crippen LogP contribution >= 0.6 is 11.6 Å². The minimum absolute atomic E-state index is 0.116. The zero-order valence-corrected chi connectivity index (χ0v) is 9.75. The fraction of sp³-hybridized carbons (Fsp3) is 0.364. The first-order chi connectivity index (χ1) is 7.72. The van der Waals surface area contributed by atoms with Crippen molar-refractivity contribution in [3.05, 3.63) is 23.2 Å². The second-order valence-electron chi connectivity index (χ2n) is 3.45. The van der Waals surface area contributed by atoms with Crippen LogP contribution in [-0.2, 0) is 0 Å². The Kier molecular flexibility index (Phi) is 3.19. The van der Waals surface area contributed by atoms with Crippen molar-refractivity contribution < 1.29 is 9.53 Å². The van der Waals surface area contributed by atoms with Crippen molar-refractivity contribution in [1.82, 2.24) is 5.32 Å². The Balaban J connectivity index is 2.31. The predicted molar refractivity (Wildman–Crippen MR) is 63.4 cm³/mol. The van der Waals surface area contributed by atoms with Gasteiger partial charge in [-0.2, -0.15) is 0 Å². The van der Waals surface area contributed by atoms with Crippen molar-refractivity contribution in [2.24, 2.45) is 0 Å². The Morgan fingerprint density at radius 3 is 3.19 bits per heavy atom. The number of carbonyl (C=O) groups is 1. The fourth-order valence-electron chi connectivity index (χ4n) is 1.65. The topological polar surface area (TPSA) is 41.6 Å². The number of nitrogens with one attached hydrogen (secondary N) is 1. The molecular formula is C11H13ClN2O2. The van der Waals surface area contributed by atoms with Crippen LogP contribution in [0.2, 0.25) is 5.02 Å². The van der Waals surface area contributed by atoms with E-state index in [1.165, 1.54) is 0 Å². The van der Waals surface area contributed by atoms with E-state index in [1.807, 2.05) is 6.92 Å². The number of urea groups is 1. The lowest BCUT2D eigenvalue weighted by molar-refractivity contribution is 0.240. The normalized spacial score (nSPS) is 14.0. The summed E-state index contributed by atoms with van der Waals surface area (Å²) in [6.45, 7) is 3.54. The molecule has 4 nitrogen and oxygen atoms in total. The Bertz CT molecular complexity index is 409. The summed E-state index contributed by atoms with van der Waals surface area (Å²) < 4.78 is 5.46. The Morgan fingerprint density at radius 2 is 2.44 bits per heavy atom. The number of nitrogens with zero attached hydrogens (tertiary/aromatic N) is 1. The molecule has 5 heteroatoms. The van der Waals surface area contributed by atoms with Gasteiger partial charge in [-0.1, -0.05) is 11.6 Å². The van der Waals surface area contributed by atoms with E-state index in [-0.39, 0.29) is 6.03 Å². The van der Waals surface area contributed by atoms with Crippen LogP contribution in [0.3, 0.4) is 0 Å². The predicted octanol–water partition coefficient (Wildman–Crippen LogP) is 2.27. The van der Waals surface area contributed by atoms with E-state index in [4.69, 9.17) is 16.3 Å². The number of fused-ring (bicyclic) bond motifs is 1. The number of halogens is 1. The van der Waals surface area contributed by atoms with Gasteiger partial charge < -0.3 is 10.1 Å². The van der Waals surface area contributed by atoms with Gasteiger partial charge in [0, 0.05) is 11.6 Å². The van der Waals surface area contributed by atoms with Crippen LogP contribution in [0.25, 0.3) is 0 Å². The highest BCUT2D eigenvalue weighted by Gasteiger charge is 2.23.